The Morgan fingerprint density at radius 3 is 2.29 bits per heavy atom. The number of aliphatic hydroxyl groups is 1. The molecule has 0 aromatic carbocycles. The number of hydrogen-bond acceptors (Lipinski definition) is 2. The highest BCUT2D eigenvalue weighted by atomic mass is 16.3. The Labute approximate surface area is 87.1 Å². The van der Waals surface area contributed by atoms with E-state index < -0.39 is 0 Å². The Morgan fingerprint density at radius 2 is 1.64 bits per heavy atom. The molecule has 0 bridgehead atoms. The Bertz CT molecular complexity index is 168. The molecule has 14 heavy (non-hydrogen) atoms. The first kappa shape index (κ1) is 10.4. The van der Waals surface area contributed by atoms with Crippen LogP contribution in [0.25, 0.3) is 0 Å². The summed E-state index contributed by atoms with van der Waals surface area (Å²) in [5.41, 5.74) is 0. The molecular formula is C12H23NO. The van der Waals surface area contributed by atoms with Gasteiger partial charge < -0.3 is 10.4 Å². The first-order chi connectivity index (χ1) is 6.90. The van der Waals surface area contributed by atoms with E-state index in [4.69, 9.17) is 0 Å². The zero-order valence-corrected chi connectivity index (χ0v) is 9.04. The summed E-state index contributed by atoms with van der Waals surface area (Å²) >= 11 is 0. The maximum absolute atomic E-state index is 9.25. The smallest absolute Gasteiger partial charge is 0.0462 e. The van der Waals surface area contributed by atoms with E-state index in [1.165, 1.54) is 45.1 Å². The topological polar surface area (TPSA) is 32.3 Å². The minimum Gasteiger partial charge on any atom is -0.396 e. The van der Waals surface area contributed by atoms with Crippen LogP contribution >= 0.6 is 0 Å². The van der Waals surface area contributed by atoms with E-state index in [9.17, 15) is 5.11 Å². The Morgan fingerprint density at radius 1 is 0.929 bits per heavy atom. The normalized spacial score (nSPS) is 33.2. The van der Waals surface area contributed by atoms with Gasteiger partial charge in [0.05, 0.1) is 0 Å². The van der Waals surface area contributed by atoms with Crippen molar-refractivity contribution in [1.29, 1.82) is 0 Å². The fourth-order valence-electron chi connectivity index (χ4n) is 2.59. The van der Waals surface area contributed by atoms with Crippen molar-refractivity contribution in [3.8, 4) is 0 Å². The maximum Gasteiger partial charge on any atom is 0.0462 e. The number of hydrogen-bond donors (Lipinski definition) is 2. The van der Waals surface area contributed by atoms with Gasteiger partial charge in [-0.2, -0.15) is 0 Å². The van der Waals surface area contributed by atoms with Crippen LogP contribution in [0.3, 0.4) is 0 Å². The minimum absolute atomic E-state index is 0.399. The molecule has 82 valence electrons. The molecule has 2 fully saturated rings. The quantitative estimate of drug-likeness (QED) is 0.704. The molecule has 2 aliphatic carbocycles. The standard InChI is InChI=1S/C12H23NO/c14-9-12-4-2-1-3-11(12)8-13-7-10-5-6-10/h10-14H,1-9H2. The number of rotatable bonds is 5. The average Bonchev–Trinajstić information content (AvgIpc) is 3.03. The zero-order valence-electron chi connectivity index (χ0n) is 9.04. The second kappa shape index (κ2) is 5.13. The SMILES string of the molecule is OCC1CCCCC1CNCC1CC1. The van der Waals surface area contributed by atoms with E-state index in [1.807, 2.05) is 0 Å². The molecule has 2 heteroatoms. The van der Waals surface area contributed by atoms with E-state index in [0.29, 0.717) is 12.5 Å². The molecule has 2 saturated carbocycles. The van der Waals surface area contributed by atoms with Gasteiger partial charge in [0.1, 0.15) is 0 Å². The van der Waals surface area contributed by atoms with Crippen LogP contribution in [0.15, 0.2) is 0 Å². The predicted molar refractivity (Wildman–Crippen MR) is 58.1 cm³/mol. The van der Waals surface area contributed by atoms with E-state index in [1.54, 1.807) is 0 Å². The molecule has 0 aromatic rings. The predicted octanol–water partition coefficient (Wildman–Crippen LogP) is 1.78. The van der Waals surface area contributed by atoms with Gasteiger partial charge in [-0.3, -0.25) is 0 Å². The Hall–Kier alpha value is -0.0800. The monoisotopic (exact) mass is 197 g/mol. The van der Waals surface area contributed by atoms with Crippen LogP contribution in [0.5, 0.6) is 0 Å². The van der Waals surface area contributed by atoms with Gasteiger partial charge in [0.25, 0.3) is 0 Å². The van der Waals surface area contributed by atoms with Gasteiger partial charge in [0.15, 0.2) is 0 Å². The third-order valence-corrected chi connectivity index (χ3v) is 3.84. The Kier molecular flexibility index (Phi) is 3.82. The third kappa shape index (κ3) is 2.96. The lowest BCUT2D eigenvalue weighted by Gasteiger charge is -2.30. The highest BCUT2D eigenvalue weighted by molar-refractivity contribution is 4.79. The molecule has 0 aliphatic heterocycles. The maximum atomic E-state index is 9.25. The molecular weight excluding hydrogens is 174 g/mol. The van der Waals surface area contributed by atoms with Gasteiger partial charge >= 0.3 is 0 Å². The summed E-state index contributed by atoms with van der Waals surface area (Å²) in [4.78, 5) is 0. The first-order valence-corrected chi connectivity index (χ1v) is 6.21. The van der Waals surface area contributed by atoms with E-state index in [2.05, 4.69) is 5.32 Å². The second-order valence-corrected chi connectivity index (χ2v) is 5.09. The van der Waals surface area contributed by atoms with Crippen molar-refractivity contribution >= 4 is 0 Å². The highest BCUT2D eigenvalue weighted by Crippen LogP contribution is 2.30. The lowest BCUT2D eigenvalue weighted by atomic mass is 9.79. The summed E-state index contributed by atoms with van der Waals surface area (Å²) in [5.74, 6) is 2.30. The number of nitrogens with one attached hydrogen (secondary N) is 1. The fraction of sp³-hybridized carbons (Fsp3) is 1.00. The van der Waals surface area contributed by atoms with Crippen molar-refractivity contribution in [3.63, 3.8) is 0 Å². The summed E-state index contributed by atoms with van der Waals surface area (Å²) < 4.78 is 0. The van der Waals surface area contributed by atoms with Crippen LogP contribution in [0.1, 0.15) is 38.5 Å². The summed E-state index contributed by atoms with van der Waals surface area (Å²) in [6, 6.07) is 0. The van der Waals surface area contributed by atoms with E-state index >= 15 is 0 Å². The average molecular weight is 197 g/mol. The van der Waals surface area contributed by atoms with Crippen LogP contribution < -0.4 is 5.32 Å². The molecule has 0 radical (unpaired) electrons. The van der Waals surface area contributed by atoms with Gasteiger partial charge in [0, 0.05) is 6.61 Å². The highest BCUT2D eigenvalue weighted by Gasteiger charge is 2.25. The molecule has 2 nitrogen and oxygen atoms in total. The molecule has 0 amide bonds. The Balaban J connectivity index is 1.64. The fourth-order valence-corrected chi connectivity index (χ4v) is 2.59. The third-order valence-electron chi connectivity index (χ3n) is 3.84. The van der Waals surface area contributed by atoms with Crippen molar-refractivity contribution in [2.24, 2.45) is 17.8 Å². The molecule has 2 unspecified atom stereocenters. The van der Waals surface area contributed by atoms with Crippen LogP contribution in [-0.2, 0) is 0 Å². The summed E-state index contributed by atoms with van der Waals surface area (Å²) in [7, 11) is 0. The lowest BCUT2D eigenvalue weighted by molar-refractivity contribution is 0.133. The molecule has 2 atom stereocenters. The van der Waals surface area contributed by atoms with Crippen molar-refractivity contribution in [3.05, 3.63) is 0 Å². The van der Waals surface area contributed by atoms with Crippen molar-refractivity contribution < 1.29 is 5.11 Å². The molecule has 0 saturated heterocycles. The molecule has 0 aromatic heterocycles. The van der Waals surface area contributed by atoms with Gasteiger partial charge in [0.2, 0.25) is 0 Å². The first-order valence-electron chi connectivity index (χ1n) is 6.21. The van der Waals surface area contributed by atoms with Crippen LogP contribution in [0.4, 0.5) is 0 Å². The number of aliphatic hydroxyl groups excluding tert-OH is 1. The largest absolute Gasteiger partial charge is 0.396 e. The summed E-state index contributed by atoms with van der Waals surface area (Å²) in [5, 5.41) is 12.8. The second-order valence-electron chi connectivity index (χ2n) is 5.09. The van der Waals surface area contributed by atoms with E-state index in [0.717, 1.165) is 18.4 Å². The summed E-state index contributed by atoms with van der Waals surface area (Å²) in [6.45, 7) is 2.76. The van der Waals surface area contributed by atoms with Crippen LogP contribution in [0, 0.1) is 17.8 Å². The minimum atomic E-state index is 0.399. The lowest BCUT2D eigenvalue weighted by Crippen LogP contribution is -2.33. The van der Waals surface area contributed by atoms with Crippen LogP contribution in [-0.4, -0.2) is 24.8 Å². The van der Waals surface area contributed by atoms with Crippen molar-refractivity contribution in [1.82, 2.24) is 5.32 Å². The van der Waals surface area contributed by atoms with E-state index in [-0.39, 0.29) is 0 Å². The van der Waals surface area contributed by atoms with Gasteiger partial charge in [-0.25, -0.2) is 0 Å². The molecule has 2 rings (SSSR count). The molecule has 0 heterocycles. The summed E-state index contributed by atoms with van der Waals surface area (Å²) in [6.07, 6.45) is 8.12. The molecule has 2 N–H and O–H groups in total. The van der Waals surface area contributed by atoms with Crippen molar-refractivity contribution in [2.45, 2.75) is 38.5 Å². The molecule has 0 spiro atoms. The van der Waals surface area contributed by atoms with Crippen molar-refractivity contribution in [2.75, 3.05) is 19.7 Å². The van der Waals surface area contributed by atoms with Gasteiger partial charge in [-0.1, -0.05) is 12.8 Å². The van der Waals surface area contributed by atoms with Gasteiger partial charge in [-0.15, -0.1) is 0 Å². The zero-order chi connectivity index (χ0) is 9.80. The molecule has 2 aliphatic rings. The van der Waals surface area contributed by atoms with Crippen LogP contribution in [0.2, 0.25) is 0 Å². The van der Waals surface area contributed by atoms with Gasteiger partial charge in [-0.05, 0) is 56.5 Å².